The van der Waals surface area contributed by atoms with Crippen molar-refractivity contribution in [1.82, 2.24) is 4.90 Å². The number of esters is 2. The van der Waals surface area contributed by atoms with E-state index in [1.165, 1.54) is 13.8 Å². The van der Waals surface area contributed by atoms with E-state index < -0.39 is 6.10 Å². The topological polar surface area (TPSA) is 72.9 Å². The number of ether oxygens (including phenoxy) is 2. The van der Waals surface area contributed by atoms with Crippen LogP contribution in [0.25, 0.3) is 0 Å². The Bertz CT molecular complexity index is 951. The molecule has 5 saturated carbocycles. The minimum absolute atomic E-state index is 0. The average molecular weight is 478 g/mol. The number of rotatable bonds is 3. The first kappa shape index (κ1) is 23.3. The second-order valence-corrected chi connectivity index (χ2v) is 11.8. The maximum atomic E-state index is 13.4. The van der Waals surface area contributed by atoms with Crippen LogP contribution in [0.15, 0.2) is 12.2 Å². The molecule has 1 heterocycles. The minimum atomic E-state index is -0.405. The molecule has 6 fully saturated rings. The van der Waals surface area contributed by atoms with E-state index in [0.29, 0.717) is 18.3 Å². The second kappa shape index (κ2) is 7.07. The van der Waals surface area contributed by atoms with Crippen molar-refractivity contribution in [1.29, 1.82) is 0 Å². The predicted octanol–water partition coefficient (Wildman–Crippen LogP) is 3.56. The highest BCUT2D eigenvalue weighted by Gasteiger charge is 2.86. The molecule has 0 aromatic carbocycles. The molecule has 0 radical (unpaired) electrons. The highest BCUT2D eigenvalue weighted by Crippen LogP contribution is 2.83. The molecular formula is C26H36ClNO5. The van der Waals surface area contributed by atoms with Gasteiger partial charge in [-0.2, -0.15) is 0 Å². The zero-order valence-corrected chi connectivity index (χ0v) is 20.9. The van der Waals surface area contributed by atoms with Gasteiger partial charge in [-0.15, -0.1) is 12.4 Å². The molecule has 5 aliphatic carbocycles. The number of carbonyl (C=O) groups is 3. The van der Waals surface area contributed by atoms with E-state index in [9.17, 15) is 14.4 Å². The third-order valence-electron chi connectivity index (χ3n) is 10.9. The first-order valence-electron chi connectivity index (χ1n) is 12.4. The summed E-state index contributed by atoms with van der Waals surface area (Å²) in [5.74, 6) is 0.322. The Morgan fingerprint density at radius 3 is 2.52 bits per heavy atom. The van der Waals surface area contributed by atoms with E-state index in [-0.39, 0.29) is 70.4 Å². The summed E-state index contributed by atoms with van der Waals surface area (Å²) in [6, 6.07) is 0.260. The monoisotopic (exact) mass is 477 g/mol. The molecule has 0 amide bonds. The van der Waals surface area contributed by atoms with Gasteiger partial charge in [0.05, 0.1) is 0 Å². The molecule has 6 rings (SSSR count). The summed E-state index contributed by atoms with van der Waals surface area (Å²) in [4.78, 5) is 40.5. The summed E-state index contributed by atoms with van der Waals surface area (Å²) >= 11 is 0. The summed E-state index contributed by atoms with van der Waals surface area (Å²) in [7, 11) is 0. The Morgan fingerprint density at radius 2 is 1.88 bits per heavy atom. The lowest BCUT2D eigenvalue weighted by atomic mass is 9.43. The van der Waals surface area contributed by atoms with Crippen LogP contribution in [0.3, 0.4) is 0 Å². The van der Waals surface area contributed by atoms with Crippen LogP contribution in [0, 0.1) is 39.9 Å². The van der Waals surface area contributed by atoms with Crippen molar-refractivity contribution in [3.05, 3.63) is 12.2 Å². The highest BCUT2D eigenvalue weighted by atomic mass is 35.5. The van der Waals surface area contributed by atoms with Crippen LogP contribution in [-0.4, -0.2) is 54.0 Å². The summed E-state index contributed by atoms with van der Waals surface area (Å²) in [6.45, 7) is 13.9. The quantitative estimate of drug-likeness (QED) is 0.457. The Hall–Kier alpha value is -1.40. The van der Waals surface area contributed by atoms with Crippen LogP contribution in [0.5, 0.6) is 0 Å². The first-order chi connectivity index (χ1) is 15.1. The molecule has 182 valence electrons. The molecule has 0 aromatic heterocycles. The van der Waals surface area contributed by atoms with Crippen LogP contribution in [-0.2, 0) is 23.9 Å². The summed E-state index contributed by atoms with van der Waals surface area (Å²) in [6.07, 6.45) is 3.62. The Balaban J connectivity index is 0.00000228. The summed E-state index contributed by atoms with van der Waals surface area (Å²) in [5, 5.41) is 0. The standard InChI is InChI=1S/C26H35NO5.ClH/c1-6-27-12-24(5)8-7-21(31-14(3)28)26-19(24)9-17(22(26)27)25-11-16(18(30)10-20(25)26)13(2)23(25)32-15(4)29;/h16-17,19-23H,2,6-12H2,1,3-5H3;1H/t16-,17-,19?,20?,21-,22+,23+,24-,25-,26+;/m0./s1. The number of carbonyl (C=O) groups excluding carboxylic acids is 3. The lowest BCUT2D eigenvalue weighted by Gasteiger charge is -2.65. The summed E-state index contributed by atoms with van der Waals surface area (Å²) < 4.78 is 12.2. The minimum Gasteiger partial charge on any atom is -0.462 e. The van der Waals surface area contributed by atoms with E-state index in [4.69, 9.17) is 9.47 Å². The number of fused-ring (bicyclic) bond motifs is 1. The van der Waals surface area contributed by atoms with E-state index in [1.54, 1.807) is 0 Å². The molecule has 6 aliphatic rings. The molecule has 33 heavy (non-hydrogen) atoms. The lowest BCUT2D eigenvalue weighted by molar-refractivity contribution is -0.224. The fourth-order valence-electron chi connectivity index (χ4n) is 10.4. The predicted molar refractivity (Wildman–Crippen MR) is 124 cm³/mol. The third-order valence-corrected chi connectivity index (χ3v) is 10.9. The zero-order chi connectivity index (χ0) is 22.8. The van der Waals surface area contributed by atoms with Gasteiger partial charge in [-0.25, -0.2) is 0 Å². The number of hydrogen-bond acceptors (Lipinski definition) is 6. The first-order valence-corrected chi connectivity index (χ1v) is 12.4. The number of nitrogens with zero attached hydrogens (tertiary/aromatic N) is 1. The maximum Gasteiger partial charge on any atom is 0.303 e. The molecular weight excluding hydrogens is 442 g/mol. The third kappa shape index (κ3) is 2.47. The molecule has 7 heteroatoms. The maximum absolute atomic E-state index is 13.4. The van der Waals surface area contributed by atoms with Crippen LogP contribution >= 0.6 is 12.4 Å². The van der Waals surface area contributed by atoms with Gasteiger partial charge >= 0.3 is 11.9 Å². The fraction of sp³-hybridized carbons (Fsp3) is 0.808. The normalized spacial score (nSPS) is 51.1. The molecule has 0 aromatic rings. The lowest BCUT2D eigenvalue weighted by Crippen LogP contribution is -2.69. The average Bonchev–Trinajstić information content (AvgIpc) is 3.24. The van der Waals surface area contributed by atoms with Crippen molar-refractivity contribution >= 4 is 30.1 Å². The van der Waals surface area contributed by atoms with E-state index in [1.807, 2.05) is 0 Å². The van der Waals surface area contributed by atoms with Crippen LogP contribution in [0.4, 0.5) is 0 Å². The van der Waals surface area contributed by atoms with E-state index in [2.05, 4.69) is 25.3 Å². The fourth-order valence-corrected chi connectivity index (χ4v) is 10.4. The van der Waals surface area contributed by atoms with Gasteiger partial charge < -0.3 is 9.47 Å². The molecule has 10 atom stereocenters. The molecule has 2 spiro atoms. The van der Waals surface area contributed by atoms with Crippen LogP contribution < -0.4 is 0 Å². The molecule has 1 saturated heterocycles. The number of ketones is 1. The molecule has 0 N–H and O–H groups in total. The van der Waals surface area contributed by atoms with Gasteiger partial charge in [0.2, 0.25) is 0 Å². The Labute approximate surface area is 202 Å². The molecule has 7 bridgehead atoms. The van der Waals surface area contributed by atoms with Crippen molar-refractivity contribution in [2.45, 2.75) is 78.0 Å². The largest absolute Gasteiger partial charge is 0.462 e. The van der Waals surface area contributed by atoms with Gasteiger partial charge in [0, 0.05) is 49.6 Å². The van der Waals surface area contributed by atoms with Crippen LogP contribution in [0.2, 0.25) is 0 Å². The van der Waals surface area contributed by atoms with Crippen molar-refractivity contribution in [2.75, 3.05) is 13.1 Å². The van der Waals surface area contributed by atoms with E-state index >= 15 is 0 Å². The van der Waals surface area contributed by atoms with Gasteiger partial charge in [0.25, 0.3) is 0 Å². The van der Waals surface area contributed by atoms with Gasteiger partial charge in [0.1, 0.15) is 18.0 Å². The van der Waals surface area contributed by atoms with Crippen molar-refractivity contribution < 1.29 is 23.9 Å². The highest BCUT2D eigenvalue weighted by molar-refractivity contribution is 5.87. The van der Waals surface area contributed by atoms with Crippen molar-refractivity contribution in [2.24, 2.45) is 39.9 Å². The smallest absolute Gasteiger partial charge is 0.303 e. The van der Waals surface area contributed by atoms with Crippen molar-refractivity contribution in [3.8, 4) is 0 Å². The van der Waals surface area contributed by atoms with Gasteiger partial charge in [-0.3, -0.25) is 19.3 Å². The number of piperidine rings is 1. The van der Waals surface area contributed by atoms with Crippen molar-refractivity contribution in [3.63, 3.8) is 0 Å². The number of hydrogen-bond donors (Lipinski definition) is 0. The SMILES string of the molecule is C=C1[C@@H]2C[C@]3(C(CC2=O)[C@@]24C5C[C@H]3[C@H]2N(CC)C[C@]5(C)CC[C@@H]4OC(C)=O)[C@@H]1OC(C)=O.Cl. The number of likely N-dealkylation sites (tertiary alicyclic amines) is 1. The van der Waals surface area contributed by atoms with Gasteiger partial charge in [-0.1, -0.05) is 20.4 Å². The van der Waals surface area contributed by atoms with E-state index in [0.717, 1.165) is 44.3 Å². The van der Waals surface area contributed by atoms with Crippen LogP contribution in [0.1, 0.15) is 59.8 Å². The Morgan fingerprint density at radius 1 is 1.18 bits per heavy atom. The second-order valence-electron chi connectivity index (χ2n) is 11.8. The van der Waals surface area contributed by atoms with Gasteiger partial charge in [-0.05, 0) is 61.0 Å². The molecule has 6 nitrogen and oxygen atoms in total. The zero-order valence-electron chi connectivity index (χ0n) is 20.1. The molecule has 2 unspecified atom stereocenters. The summed E-state index contributed by atoms with van der Waals surface area (Å²) in [5.41, 5.74) is 0.446. The number of Topliss-reactive ketones (excluding diaryl/α,β-unsaturated/α-hetero) is 1. The van der Waals surface area contributed by atoms with Gasteiger partial charge in [0.15, 0.2) is 0 Å². The Kier molecular flexibility index (Phi) is 5.00. The molecule has 1 aliphatic heterocycles. The number of halogens is 1.